The first-order valence-corrected chi connectivity index (χ1v) is 3.94. The largest absolute Gasteiger partial charge is 0.282 e. The maximum absolute atomic E-state index is 10.8. The molecule has 0 bridgehead atoms. The molecule has 0 saturated heterocycles. The molecule has 1 rings (SSSR count). The van der Waals surface area contributed by atoms with Gasteiger partial charge in [0.15, 0.2) is 0 Å². The molecular weight excluding hydrogens is 180 g/mol. The van der Waals surface area contributed by atoms with Crippen molar-refractivity contribution < 1.29 is 4.79 Å². The van der Waals surface area contributed by atoms with Crippen LogP contribution >= 0.6 is 24.2 Å². The van der Waals surface area contributed by atoms with Gasteiger partial charge in [0, 0.05) is 10.6 Å². The van der Waals surface area contributed by atoms with Crippen LogP contribution in [0.3, 0.4) is 0 Å². The van der Waals surface area contributed by atoms with E-state index in [4.69, 9.17) is 11.6 Å². The van der Waals surface area contributed by atoms with Crippen LogP contribution in [0.25, 0.3) is 0 Å². The van der Waals surface area contributed by atoms with Crippen LogP contribution in [0.2, 0.25) is 5.02 Å². The molecule has 0 fully saturated rings. The van der Waals surface area contributed by atoms with E-state index in [1.165, 1.54) is 0 Å². The fourth-order valence-corrected chi connectivity index (χ4v) is 1.26. The second-order valence-electron chi connectivity index (χ2n) is 2.22. The number of thiol groups is 1. The predicted molar refractivity (Wildman–Crippen MR) is 49.5 cm³/mol. The first-order valence-electron chi connectivity index (χ1n) is 3.11. The lowest BCUT2D eigenvalue weighted by Gasteiger charge is -2.01. The van der Waals surface area contributed by atoms with Gasteiger partial charge in [-0.1, -0.05) is 23.7 Å². The molecule has 0 aliphatic heterocycles. The van der Waals surface area contributed by atoms with Crippen LogP contribution in [-0.4, -0.2) is 5.12 Å². The highest BCUT2D eigenvalue weighted by atomic mass is 35.5. The topological polar surface area (TPSA) is 17.1 Å². The Kier molecular flexibility index (Phi) is 2.58. The molecule has 0 aromatic heterocycles. The van der Waals surface area contributed by atoms with Gasteiger partial charge in [-0.2, -0.15) is 0 Å². The minimum Gasteiger partial charge on any atom is -0.282 e. The molecule has 0 radical (unpaired) electrons. The highest BCUT2D eigenvalue weighted by Gasteiger charge is 2.05. The Morgan fingerprint density at radius 1 is 1.55 bits per heavy atom. The quantitative estimate of drug-likeness (QED) is 0.668. The van der Waals surface area contributed by atoms with Gasteiger partial charge >= 0.3 is 0 Å². The van der Waals surface area contributed by atoms with Gasteiger partial charge in [-0.05, 0) is 18.6 Å². The maximum atomic E-state index is 10.8. The van der Waals surface area contributed by atoms with Crippen LogP contribution in [0, 0.1) is 6.92 Å². The standard InChI is InChI=1S/C8H7ClOS/c1-5-6(8(10)11)3-2-4-7(5)9/h2-4H,1H3,(H,10,11). The van der Waals surface area contributed by atoms with Crippen molar-refractivity contribution in [3.05, 3.63) is 34.3 Å². The lowest BCUT2D eigenvalue weighted by Crippen LogP contribution is -1.92. The Morgan fingerprint density at radius 3 is 2.64 bits per heavy atom. The van der Waals surface area contributed by atoms with Crippen molar-refractivity contribution in [2.45, 2.75) is 6.92 Å². The predicted octanol–water partition coefficient (Wildman–Crippen LogP) is 2.72. The molecule has 11 heavy (non-hydrogen) atoms. The molecule has 0 saturated carbocycles. The van der Waals surface area contributed by atoms with Gasteiger partial charge in [0.05, 0.1) is 0 Å². The van der Waals surface area contributed by atoms with Crippen LogP contribution in [0.1, 0.15) is 15.9 Å². The normalized spacial score (nSPS) is 9.73. The fourth-order valence-electron chi connectivity index (χ4n) is 0.839. The molecule has 1 aromatic carbocycles. The molecule has 0 N–H and O–H groups in total. The SMILES string of the molecule is Cc1c(Cl)cccc1C(=O)S. The minimum atomic E-state index is -0.245. The summed E-state index contributed by atoms with van der Waals surface area (Å²) < 4.78 is 0. The number of benzene rings is 1. The molecular formula is C8H7ClOS. The summed E-state index contributed by atoms with van der Waals surface area (Å²) in [5, 5.41) is 0.356. The van der Waals surface area contributed by atoms with Gasteiger partial charge < -0.3 is 0 Å². The van der Waals surface area contributed by atoms with Gasteiger partial charge in [-0.15, -0.1) is 12.6 Å². The van der Waals surface area contributed by atoms with E-state index >= 15 is 0 Å². The fraction of sp³-hybridized carbons (Fsp3) is 0.125. The summed E-state index contributed by atoms with van der Waals surface area (Å²) in [6.07, 6.45) is 0. The summed E-state index contributed by atoms with van der Waals surface area (Å²) in [7, 11) is 0. The minimum absolute atomic E-state index is 0.245. The molecule has 0 aliphatic carbocycles. The van der Waals surface area contributed by atoms with Crippen molar-refractivity contribution in [1.82, 2.24) is 0 Å². The third kappa shape index (κ3) is 1.76. The van der Waals surface area contributed by atoms with Crippen molar-refractivity contribution in [2.24, 2.45) is 0 Å². The van der Waals surface area contributed by atoms with Crippen molar-refractivity contribution in [3.63, 3.8) is 0 Å². The van der Waals surface area contributed by atoms with E-state index in [2.05, 4.69) is 12.6 Å². The van der Waals surface area contributed by atoms with Crippen LogP contribution in [0.5, 0.6) is 0 Å². The van der Waals surface area contributed by atoms with Crippen LogP contribution < -0.4 is 0 Å². The third-order valence-corrected chi connectivity index (χ3v) is 2.15. The molecule has 1 nitrogen and oxygen atoms in total. The Morgan fingerprint density at radius 2 is 2.18 bits per heavy atom. The summed E-state index contributed by atoms with van der Waals surface area (Å²) >= 11 is 9.48. The first kappa shape index (κ1) is 8.62. The van der Waals surface area contributed by atoms with E-state index < -0.39 is 0 Å². The molecule has 1 aromatic rings. The zero-order chi connectivity index (χ0) is 8.43. The maximum Gasteiger partial charge on any atom is 0.216 e. The Bertz CT molecular complexity index is 296. The summed E-state index contributed by atoms with van der Waals surface area (Å²) in [4.78, 5) is 10.8. The Hall–Kier alpha value is -0.470. The van der Waals surface area contributed by atoms with Gasteiger partial charge in [0.2, 0.25) is 5.12 Å². The second kappa shape index (κ2) is 3.28. The number of carbonyl (C=O) groups excluding carboxylic acids is 1. The summed E-state index contributed by atoms with van der Waals surface area (Å²) in [5.74, 6) is 0. The molecule has 0 atom stereocenters. The average Bonchev–Trinajstić information content (AvgIpc) is 1.94. The summed E-state index contributed by atoms with van der Waals surface area (Å²) in [5.41, 5.74) is 1.36. The monoisotopic (exact) mass is 186 g/mol. The van der Waals surface area contributed by atoms with Crippen molar-refractivity contribution >= 4 is 29.3 Å². The van der Waals surface area contributed by atoms with E-state index in [0.717, 1.165) is 5.56 Å². The molecule has 0 heterocycles. The van der Waals surface area contributed by atoms with Gasteiger partial charge in [0.1, 0.15) is 0 Å². The summed E-state index contributed by atoms with van der Waals surface area (Å²) in [6, 6.07) is 5.19. The lowest BCUT2D eigenvalue weighted by atomic mass is 10.1. The molecule has 0 unspecified atom stereocenters. The number of hydrogen-bond acceptors (Lipinski definition) is 1. The molecule has 0 spiro atoms. The zero-order valence-electron chi connectivity index (χ0n) is 5.97. The number of hydrogen-bond donors (Lipinski definition) is 1. The highest BCUT2D eigenvalue weighted by Crippen LogP contribution is 2.19. The van der Waals surface area contributed by atoms with Gasteiger partial charge in [-0.3, -0.25) is 4.79 Å². The van der Waals surface area contributed by atoms with Crippen molar-refractivity contribution in [1.29, 1.82) is 0 Å². The first-order chi connectivity index (χ1) is 5.13. The van der Waals surface area contributed by atoms with Gasteiger partial charge in [-0.25, -0.2) is 0 Å². The van der Waals surface area contributed by atoms with Crippen molar-refractivity contribution in [3.8, 4) is 0 Å². The number of carbonyl (C=O) groups is 1. The molecule has 3 heteroatoms. The Labute approximate surface area is 75.8 Å². The van der Waals surface area contributed by atoms with Crippen molar-refractivity contribution in [2.75, 3.05) is 0 Å². The smallest absolute Gasteiger partial charge is 0.216 e. The second-order valence-corrected chi connectivity index (χ2v) is 3.03. The van der Waals surface area contributed by atoms with E-state index in [-0.39, 0.29) is 5.12 Å². The Balaban J connectivity index is 3.27. The lowest BCUT2D eigenvalue weighted by molar-refractivity contribution is 0.109. The van der Waals surface area contributed by atoms with Crippen LogP contribution in [-0.2, 0) is 0 Å². The third-order valence-electron chi connectivity index (χ3n) is 1.50. The summed E-state index contributed by atoms with van der Waals surface area (Å²) in [6.45, 7) is 1.80. The number of rotatable bonds is 1. The molecule has 0 aliphatic rings. The van der Waals surface area contributed by atoms with E-state index in [1.807, 2.05) is 0 Å². The van der Waals surface area contributed by atoms with Gasteiger partial charge in [0.25, 0.3) is 0 Å². The molecule has 58 valence electrons. The van der Waals surface area contributed by atoms with E-state index in [9.17, 15) is 4.79 Å². The number of halogens is 1. The van der Waals surface area contributed by atoms with Crippen LogP contribution in [0.4, 0.5) is 0 Å². The highest BCUT2D eigenvalue weighted by molar-refractivity contribution is 7.97. The van der Waals surface area contributed by atoms with E-state index in [1.54, 1.807) is 25.1 Å². The van der Waals surface area contributed by atoms with E-state index in [0.29, 0.717) is 10.6 Å². The van der Waals surface area contributed by atoms with Crippen LogP contribution in [0.15, 0.2) is 18.2 Å². The zero-order valence-corrected chi connectivity index (χ0v) is 7.62. The molecule has 0 amide bonds. The average molecular weight is 187 g/mol.